The Hall–Kier alpha value is -0.120. The summed E-state index contributed by atoms with van der Waals surface area (Å²) in [6, 6.07) is 0. The van der Waals surface area contributed by atoms with E-state index in [1.165, 1.54) is 0 Å². The van der Waals surface area contributed by atoms with E-state index >= 15 is 0 Å². The van der Waals surface area contributed by atoms with Gasteiger partial charge < -0.3 is 14.2 Å². The van der Waals surface area contributed by atoms with Crippen LogP contribution in [-0.4, -0.2) is 32.7 Å². The van der Waals surface area contributed by atoms with Crippen molar-refractivity contribution in [2.45, 2.75) is 18.8 Å². The molecule has 0 aromatic heterocycles. The smallest absolute Gasteiger partial charge is 0.181 e. The Morgan fingerprint density at radius 1 is 1.70 bits per heavy atom. The van der Waals surface area contributed by atoms with Gasteiger partial charge in [0.25, 0.3) is 0 Å². The third-order valence-corrected chi connectivity index (χ3v) is 1.38. The van der Waals surface area contributed by atoms with Gasteiger partial charge in [-0.05, 0) is 13.3 Å². The van der Waals surface area contributed by atoms with Gasteiger partial charge in [0.2, 0.25) is 0 Å². The summed E-state index contributed by atoms with van der Waals surface area (Å²) in [4.78, 5) is 0. The van der Waals surface area contributed by atoms with E-state index in [4.69, 9.17) is 21.1 Å². The zero-order valence-electron chi connectivity index (χ0n) is 6.08. The molecule has 2 radical (unpaired) electrons. The lowest BCUT2D eigenvalue weighted by Crippen LogP contribution is -2.16. The summed E-state index contributed by atoms with van der Waals surface area (Å²) in [7, 11) is 1.61. The summed E-state index contributed by atoms with van der Waals surface area (Å²) in [5, 5.41) is 0. The third-order valence-electron chi connectivity index (χ3n) is 1.38. The van der Waals surface area contributed by atoms with Crippen molar-refractivity contribution in [2.24, 2.45) is 0 Å². The second-order valence-corrected chi connectivity index (χ2v) is 2.21. The molecule has 1 rings (SSSR count). The molecule has 0 aromatic carbocycles. The van der Waals surface area contributed by atoms with Gasteiger partial charge in [-0.3, -0.25) is 0 Å². The Balaban J connectivity index is 2.15. The summed E-state index contributed by atoms with van der Waals surface area (Å²) in [6.45, 7) is 6.42. The number of methoxy groups -OCH3 is 1. The molecule has 0 aliphatic carbocycles. The van der Waals surface area contributed by atoms with E-state index in [2.05, 4.69) is 0 Å². The fourth-order valence-electron chi connectivity index (χ4n) is 0.855. The minimum absolute atomic E-state index is 0.0557. The second kappa shape index (κ2) is 3.91. The van der Waals surface area contributed by atoms with Gasteiger partial charge in [-0.15, -0.1) is 0 Å². The molecule has 3 nitrogen and oxygen atoms in total. The molecule has 0 spiro atoms. The first-order valence-corrected chi connectivity index (χ1v) is 3.33. The minimum atomic E-state index is -0.210. The van der Waals surface area contributed by atoms with Gasteiger partial charge in [-0.1, -0.05) is 0 Å². The van der Waals surface area contributed by atoms with Gasteiger partial charge in [0.05, 0.1) is 19.3 Å². The van der Waals surface area contributed by atoms with E-state index < -0.39 is 0 Å². The van der Waals surface area contributed by atoms with Crippen LogP contribution in [0.3, 0.4) is 0 Å². The lowest BCUT2D eigenvalue weighted by Gasteiger charge is -2.07. The van der Waals surface area contributed by atoms with Crippen molar-refractivity contribution in [1.82, 2.24) is 0 Å². The third kappa shape index (κ3) is 1.94. The summed E-state index contributed by atoms with van der Waals surface area (Å²) < 4.78 is 15.3. The van der Waals surface area contributed by atoms with Gasteiger partial charge in [0.1, 0.15) is 0 Å². The van der Waals surface area contributed by atoms with Crippen LogP contribution in [0.5, 0.6) is 0 Å². The average Bonchev–Trinajstić information content (AvgIpc) is 2.37. The van der Waals surface area contributed by atoms with Crippen LogP contribution in [0, 0.1) is 6.92 Å². The van der Waals surface area contributed by atoms with E-state index in [1.54, 1.807) is 7.11 Å². The summed E-state index contributed by atoms with van der Waals surface area (Å²) in [5.74, 6) is 0. The van der Waals surface area contributed by atoms with Gasteiger partial charge in [0.15, 0.2) is 6.29 Å². The van der Waals surface area contributed by atoms with Crippen molar-refractivity contribution in [1.29, 1.82) is 0 Å². The summed E-state index contributed by atoms with van der Waals surface area (Å²) in [5.41, 5.74) is 0. The van der Waals surface area contributed by atoms with Crippen LogP contribution in [0.2, 0.25) is 0 Å². The van der Waals surface area contributed by atoms with Crippen molar-refractivity contribution in [3.63, 3.8) is 0 Å². The maximum absolute atomic E-state index is 5.35. The molecule has 2 unspecified atom stereocenters. The fraction of sp³-hybridized carbons (Fsp3) is 0.857. The van der Waals surface area contributed by atoms with E-state index in [9.17, 15) is 0 Å². The number of ether oxygens (including phenoxy) is 3. The van der Waals surface area contributed by atoms with Gasteiger partial charge in [0, 0.05) is 7.11 Å². The van der Waals surface area contributed by atoms with Crippen LogP contribution in [0.15, 0.2) is 0 Å². The molecule has 0 N–H and O–H groups in total. The molecule has 0 amide bonds. The standard InChI is InChI=1S/C7H12O3/c1-3-6-4-9-7(10-6)5-8-2/h1,6-7H,3-5H2,2H3. The van der Waals surface area contributed by atoms with Crippen LogP contribution in [0.1, 0.15) is 6.42 Å². The molecule has 1 saturated heterocycles. The molecular weight excluding hydrogens is 132 g/mol. The zero-order chi connectivity index (χ0) is 7.40. The number of hydrogen-bond acceptors (Lipinski definition) is 3. The van der Waals surface area contributed by atoms with E-state index in [0.717, 1.165) is 0 Å². The van der Waals surface area contributed by atoms with Crippen molar-refractivity contribution in [3.8, 4) is 0 Å². The highest BCUT2D eigenvalue weighted by atomic mass is 16.7. The molecule has 1 aliphatic heterocycles. The maximum atomic E-state index is 5.35. The van der Waals surface area contributed by atoms with Crippen molar-refractivity contribution >= 4 is 0 Å². The lowest BCUT2D eigenvalue weighted by molar-refractivity contribution is -0.0960. The molecule has 58 valence electrons. The Morgan fingerprint density at radius 2 is 2.50 bits per heavy atom. The van der Waals surface area contributed by atoms with Gasteiger partial charge in [-0.25, -0.2) is 0 Å². The molecular formula is C7H12O3. The van der Waals surface area contributed by atoms with Gasteiger partial charge in [-0.2, -0.15) is 0 Å². The highest BCUT2D eigenvalue weighted by Gasteiger charge is 2.23. The molecule has 1 fully saturated rings. The Bertz CT molecular complexity index is 94.9. The molecule has 3 heteroatoms. The molecule has 1 heterocycles. The Morgan fingerprint density at radius 3 is 3.00 bits per heavy atom. The van der Waals surface area contributed by atoms with E-state index in [0.29, 0.717) is 19.6 Å². The van der Waals surface area contributed by atoms with Crippen LogP contribution < -0.4 is 0 Å². The monoisotopic (exact) mass is 144 g/mol. The first-order valence-electron chi connectivity index (χ1n) is 3.33. The molecule has 2 atom stereocenters. The molecule has 10 heavy (non-hydrogen) atoms. The van der Waals surface area contributed by atoms with E-state index in [-0.39, 0.29) is 12.4 Å². The SMILES string of the molecule is [CH]CC1COC(COC)O1. The minimum Gasteiger partial charge on any atom is -0.379 e. The fourth-order valence-corrected chi connectivity index (χ4v) is 0.855. The topological polar surface area (TPSA) is 27.7 Å². The highest BCUT2D eigenvalue weighted by molar-refractivity contribution is 4.65. The molecule has 0 bridgehead atoms. The van der Waals surface area contributed by atoms with Crippen molar-refractivity contribution in [2.75, 3.05) is 20.3 Å². The van der Waals surface area contributed by atoms with Crippen LogP contribution in [-0.2, 0) is 14.2 Å². The normalized spacial score (nSPS) is 33.0. The number of rotatable bonds is 3. The quantitative estimate of drug-likeness (QED) is 0.576. The predicted octanol–water partition coefficient (Wildman–Crippen LogP) is 0.475. The Labute approximate surface area is 61.3 Å². The van der Waals surface area contributed by atoms with Crippen molar-refractivity contribution in [3.05, 3.63) is 6.92 Å². The molecule has 1 aliphatic rings. The van der Waals surface area contributed by atoms with Gasteiger partial charge >= 0.3 is 0 Å². The first kappa shape index (κ1) is 7.98. The summed E-state index contributed by atoms with van der Waals surface area (Å²) >= 11 is 0. The largest absolute Gasteiger partial charge is 0.379 e. The van der Waals surface area contributed by atoms with Crippen LogP contribution >= 0.6 is 0 Å². The number of hydrogen-bond donors (Lipinski definition) is 0. The van der Waals surface area contributed by atoms with Crippen LogP contribution in [0.25, 0.3) is 0 Å². The lowest BCUT2D eigenvalue weighted by atomic mass is 10.3. The average molecular weight is 144 g/mol. The zero-order valence-corrected chi connectivity index (χ0v) is 6.08. The van der Waals surface area contributed by atoms with Crippen molar-refractivity contribution < 1.29 is 14.2 Å². The molecule has 0 saturated carbocycles. The highest BCUT2D eigenvalue weighted by Crippen LogP contribution is 2.13. The van der Waals surface area contributed by atoms with E-state index in [1.807, 2.05) is 0 Å². The predicted molar refractivity (Wildman–Crippen MR) is 35.4 cm³/mol. The molecule has 0 aromatic rings. The second-order valence-electron chi connectivity index (χ2n) is 2.21. The Kier molecular flexibility index (Phi) is 3.12. The summed E-state index contributed by atoms with van der Waals surface area (Å²) in [6.07, 6.45) is 0.360. The van der Waals surface area contributed by atoms with Crippen LogP contribution in [0.4, 0.5) is 0 Å². The maximum Gasteiger partial charge on any atom is 0.181 e. The first-order chi connectivity index (χ1) is 4.86.